The number of halogens is 1. The molecule has 0 aliphatic heterocycles. The van der Waals surface area contributed by atoms with Gasteiger partial charge in [-0.2, -0.15) is 0 Å². The summed E-state index contributed by atoms with van der Waals surface area (Å²) in [5, 5.41) is 3.42. The van der Waals surface area contributed by atoms with Gasteiger partial charge in [-0.3, -0.25) is 9.59 Å². The Morgan fingerprint density at radius 1 is 0.780 bits per heavy atom. The number of nitrogens with zero attached hydrogens (tertiary/aromatic N) is 1. The number of ether oxygens (including phenoxy) is 3. The monoisotopic (exact) mass is 572 g/mol. The SMILES string of the molecule is COc1ccc(CN(C(=O)COc2ccccc2Cl)C(Cc2ccccc2)C(=O)NCc2ccccc2OC)cc1. The minimum absolute atomic E-state index is 0.189. The van der Waals surface area contributed by atoms with Gasteiger partial charge in [-0.1, -0.05) is 84.4 Å². The van der Waals surface area contributed by atoms with E-state index >= 15 is 0 Å². The molecule has 4 aromatic carbocycles. The highest BCUT2D eigenvalue weighted by Crippen LogP contribution is 2.24. The van der Waals surface area contributed by atoms with Crippen LogP contribution in [0.25, 0.3) is 0 Å². The number of carbonyl (C=O) groups excluding carboxylic acids is 2. The number of amides is 2. The normalized spacial score (nSPS) is 11.3. The average Bonchev–Trinajstić information content (AvgIpc) is 3.02. The Balaban J connectivity index is 1.63. The van der Waals surface area contributed by atoms with E-state index in [0.29, 0.717) is 28.7 Å². The molecule has 0 radical (unpaired) electrons. The largest absolute Gasteiger partial charge is 0.497 e. The van der Waals surface area contributed by atoms with Gasteiger partial charge in [-0.05, 0) is 41.5 Å². The maximum Gasteiger partial charge on any atom is 0.261 e. The maximum atomic E-state index is 13.9. The summed E-state index contributed by atoms with van der Waals surface area (Å²) in [6, 6.07) is 30.7. The standard InChI is InChI=1S/C33H33ClN2O5/c1-39-27-18-16-25(17-19-27)22-36(32(37)23-41-31-15-9-7-13-28(31)34)29(20-24-10-4-3-5-11-24)33(38)35-21-26-12-6-8-14-30(26)40-2/h3-19,29H,20-23H2,1-2H3,(H,35,38). The molecule has 0 bridgehead atoms. The van der Waals surface area contributed by atoms with Crippen LogP contribution >= 0.6 is 11.6 Å². The van der Waals surface area contributed by atoms with Gasteiger partial charge in [0.2, 0.25) is 5.91 Å². The van der Waals surface area contributed by atoms with Crippen molar-refractivity contribution in [2.24, 2.45) is 0 Å². The second kappa shape index (κ2) is 14.8. The second-order valence-electron chi connectivity index (χ2n) is 9.32. The number of nitrogens with one attached hydrogen (secondary N) is 1. The van der Waals surface area contributed by atoms with Crippen LogP contribution in [0.1, 0.15) is 16.7 Å². The molecule has 0 spiro atoms. The first-order valence-corrected chi connectivity index (χ1v) is 13.6. The first-order chi connectivity index (χ1) is 20.0. The van der Waals surface area contributed by atoms with Crippen molar-refractivity contribution in [2.75, 3.05) is 20.8 Å². The summed E-state index contributed by atoms with van der Waals surface area (Å²) < 4.78 is 16.5. The molecule has 8 heteroatoms. The molecule has 0 aliphatic rings. The molecule has 1 atom stereocenters. The minimum Gasteiger partial charge on any atom is -0.497 e. The molecular weight excluding hydrogens is 540 g/mol. The van der Waals surface area contributed by atoms with Gasteiger partial charge in [0.25, 0.3) is 5.91 Å². The van der Waals surface area contributed by atoms with Crippen LogP contribution in [0.4, 0.5) is 0 Å². The summed E-state index contributed by atoms with van der Waals surface area (Å²) >= 11 is 6.25. The molecule has 2 amide bonds. The molecule has 212 valence electrons. The molecule has 1 unspecified atom stereocenters. The van der Waals surface area contributed by atoms with Gasteiger partial charge >= 0.3 is 0 Å². The third-order valence-electron chi connectivity index (χ3n) is 6.62. The van der Waals surface area contributed by atoms with Crippen LogP contribution in [0, 0.1) is 0 Å². The molecule has 4 aromatic rings. The Morgan fingerprint density at radius 3 is 2.12 bits per heavy atom. The zero-order valence-corrected chi connectivity index (χ0v) is 23.8. The van der Waals surface area contributed by atoms with Gasteiger partial charge in [0.15, 0.2) is 6.61 Å². The fourth-order valence-corrected chi connectivity index (χ4v) is 4.61. The van der Waals surface area contributed by atoms with Crippen molar-refractivity contribution in [1.82, 2.24) is 10.2 Å². The van der Waals surface area contributed by atoms with Crippen LogP contribution in [-0.4, -0.2) is 43.6 Å². The Kier molecular flexibility index (Phi) is 10.6. The predicted molar refractivity (Wildman–Crippen MR) is 159 cm³/mol. The van der Waals surface area contributed by atoms with E-state index in [4.69, 9.17) is 25.8 Å². The van der Waals surface area contributed by atoms with Crippen LogP contribution in [-0.2, 0) is 29.1 Å². The minimum atomic E-state index is -0.823. The molecule has 1 N–H and O–H groups in total. The Hall–Kier alpha value is -4.49. The molecule has 0 saturated carbocycles. The molecular formula is C33H33ClN2O5. The van der Waals surface area contributed by atoms with Crippen molar-refractivity contribution in [3.8, 4) is 17.2 Å². The topological polar surface area (TPSA) is 77.1 Å². The smallest absolute Gasteiger partial charge is 0.261 e. The number of para-hydroxylation sites is 2. The van der Waals surface area contributed by atoms with Crippen LogP contribution in [0.15, 0.2) is 103 Å². The quantitative estimate of drug-likeness (QED) is 0.223. The van der Waals surface area contributed by atoms with E-state index in [1.807, 2.05) is 78.9 Å². The number of methoxy groups -OCH3 is 2. The highest BCUT2D eigenvalue weighted by Gasteiger charge is 2.31. The van der Waals surface area contributed by atoms with Crippen molar-refractivity contribution in [3.05, 3.63) is 125 Å². The van der Waals surface area contributed by atoms with Crippen molar-refractivity contribution < 1.29 is 23.8 Å². The third kappa shape index (κ3) is 8.25. The van der Waals surface area contributed by atoms with Gasteiger partial charge in [0, 0.05) is 25.1 Å². The fourth-order valence-electron chi connectivity index (χ4n) is 4.41. The highest BCUT2D eigenvalue weighted by molar-refractivity contribution is 6.32. The van der Waals surface area contributed by atoms with E-state index in [9.17, 15) is 9.59 Å². The molecule has 0 heterocycles. The van der Waals surface area contributed by atoms with Gasteiger partial charge < -0.3 is 24.4 Å². The predicted octanol–water partition coefficient (Wildman–Crippen LogP) is 5.69. The van der Waals surface area contributed by atoms with E-state index < -0.39 is 6.04 Å². The van der Waals surface area contributed by atoms with E-state index in [1.165, 1.54) is 0 Å². The molecule has 0 aliphatic carbocycles. The lowest BCUT2D eigenvalue weighted by atomic mass is 10.0. The third-order valence-corrected chi connectivity index (χ3v) is 6.93. The zero-order chi connectivity index (χ0) is 29.0. The van der Waals surface area contributed by atoms with Gasteiger partial charge in [0.1, 0.15) is 23.3 Å². The summed E-state index contributed by atoms with van der Waals surface area (Å²) in [6.07, 6.45) is 0.312. The molecule has 41 heavy (non-hydrogen) atoms. The lowest BCUT2D eigenvalue weighted by molar-refractivity contribution is -0.142. The number of carbonyl (C=O) groups is 2. The van der Waals surface area contributed by atoms with Crippen LogP contribution in [0.2, 0.25) is 5.02 Å². The van der Waals surface area contributed by atoms with Crippen LogP contribution < -0.4 is 19.5 Å². The molecule has 0 aromatic heterocycles. The fraction of sp³-hybridized carbons (Fsp3) is 0.212. The summed E-state index contributed by atoms with van der Waals surface area (Å²) in [7, 11) is 3.19. The van der Waals surface area contributed by atoms with Gasteiger partial charge in [0.05, 0.1) is 19.2 Å². The van der Waals surface area contributed by atoms with Crippen molar-refractivity contribution in [1.29, 1.82) is 0 Å². The van der Waals surface area contributed by atoms with E-state index in [2.05, 4.69) is 5.32 Å². The maximum absolute atomic E-state index is 13.9. The number of hydrogen-bond acceptors (Lipinski definition) is 5. The molecule has 0 fully saturated rings. The number of hydrogen-bond donors (Lipinski definition) is 1. The summed E-state index contributed by atoms with van der Waals surface area (Å²) in [5.41, 5.74) is 2.59. The lowest BCUT2D eigenvalue weighted by Gasteiger charge is -2.31. The van der Waals surface area contributed by atoms with Gasteiger partial charge in [-0.15, -0.1) is 0 Å². The van der Waals surface area contributed by atoms with Crippen molar-refractivity contribution in [2.45, 2.75) is 25.6 Å². The van der Waals surface area contributed by atoms with E-state index in [0.717, 1.165) is 16.7 Å². The van der Waals surface area contributed by atoms with E-state index in [-0.39, 0.29) is 31.5 Å². The molecule has 4 rings (SSSR count). The van der Waals surface area contributed by atoms with Crippen LogP contribution in [0.5, 0.6) is 17.2 Å². The lowest BCUT2D eigenvalue weighted by Crippen LogP contribution is -2.51. The molecule has 0 saturated heterocycles. The number of rotatable bonds is 13. The second-order valence-corrected chi connectivity index (χ2v) is 9.73. The summed E-state index contributed by atoms with van der Waals surface area (Å²) in [5.74, 6) is 1.12. The highest BCUT2D eigenvalue weighted by atomic mass is 35.5. The average molecular weight is 573 g/mol. The zero-order valence-electron chi connectivity index (χ0n) is 23.1. The Morgan fingerprint density at radius 2 is 1.44 bits per heavy atom. The number of benzene rings is 4. The summed E-state index contributed by atoms with van der Waals surface area (Å²) in [4.78, 5) is 29.2. The van der Waals surface area contributed by atoms with Crippen LogP contribution in [0.3, 0.4) is 0 Å². The molecule has 7 nitrogen and oxygen atoms in total. The van der Waals surface area contributed by atoms with Crippen molar-refractivity contribution >= 4 is 23.4 Å². The Bertz CT molecular complexity index is 1430. The van der Waals surface area contributed by atoms with E-state index in [1.54, 1.807) is 43.4 Å². The van der Waals surface area contributed by atoms with Gasteiger partial charge in [-0.25, -0.2) is 0 Å². The first kappa shape index (κ1) is 29.5. The summed E-state index contributed by atoms with van der Waals surface area (Å²) in [6.45, 7) is 0.147. The first-order valence-electron chi connectivity index (χ1n) is 13.2. The van der Waals surface area contributed by atoms with Crippen molar-refractivity contribution in [3.63, 3.8) is 0 Å². The Labute approximate surface area is 245 Å².